The number of azo groups is 1. The first kappa shape index (κ1) is 17.0. The van der Waals surface area contributed by atoms with Gasteiger partial charge in [0.2, 0.25) is 0 Å². The molecule has 0 atom stereocenters. The van der Waals surface area contributed by atoms with Crippen LogP contribution in [-0.4, -0.2) is 16.5 Å². The average Bonchev–Trinajstić information content (AvgIpc) is 3.04. The number of methoxy groups -OCH3 is 1. The molecule has 0 saturated carbocycles. The third-order valence-corrected chi connectivity index (χ3v) is 4.31. The zero-order chi connectivity index (χ0) is 18.8. The fraction of sp³-hybridized carbons (Fsp3) is 0.136. The molecule has 0 saturated heterocycles. The van der Waals surface area contributed by atoms with E-state index in [4.69, 9.17) is 9.72 Å². The number of ether oxygens (including phenoxy) is 1. The fourth-order valence-corrected chi connectivity index (χ4v) is 3.16. The Morgan fingerprint density at radius 1 is 0.889 bits per heavy atom. The van der Waals surface area contributed by atoms with E-state index < -0.39 is 0 Å². The van der Waals surface area contributed by atoms with E-state index in [1.54, 1.807) is 7.11 Å². The Balaban J connectivity index is 1.86. The number of hydrogen-bond acceptors (Lipinski definition) is 4. The summed E-state index contributed by atoms with van der Waals surface area (Å²) in [4.78, 5) is 4.76. The summed E-state index contributed by atoms with van der Waals surface area (Å²) in [6.45, 7) is 4.11. The first-order valence-corrected chi connectivity index (χ1v) is 8.75. The maximum Gasteiger partial charge on any atom is 0.187 e. The Bertz CT molecular complexity index is 1120. The quantitative estimate of drug-likeness (QED) is 0.418. The Hall–Kier alpha value is -3.47. The summed E-state index contributed by atoms with van der Waals surface area (Å²) < 4.78 is 7.30. The van der Waals surface area contributed by atoms with Gasteiger partial charge >= 0.3 is 0 Å². The minimum atomic E-state index is 0.693. The number of benzene rings is 2. The van der Waals surface area contributed by atoms with Crippen molar-refractivity contribution in [1.82, 2.24) is 9.38 Å². The second-order valence-corrected chi connectivity index (χ2v) is 6.49. The molecule has 0 spiro atoms. The summed E-state index contributed by atoms with van der Waals surface area (Å²) in [5.74, 6) is 1.47. The van der Waals surface area contributed by atoms with Gasteiger partial charge in [0.15, 0.2) is 5.82 Å². The highest BCUT2D eigenvalue weighted by molar-refractivity contribution is 5.75. The predicted octanol–water partition coefficient (Wildman–Crippen LogP) is 6.04. The molecule has 0 aliphatic rings. The number of aryl methyl sites for hydroxylation is 2. The van der Waals surface area contributed by atoms with Gasteiger partial charge in [0.25, 0.3) is 0 Å². The van der Waals surface area contributed by atoms with Crippen molar-refractivity contribution >= 4 is 17.2 Å². The van der Waals surface area contributed by atoms with Crippen molar-refractivity contribution in [2.45, 2.75) is 13.8 Å². The molecule has 0 fully saturated rings. The van der Waals surface area contributed by atoms with Crippen molar-refractivity contribution in [1.29, 1.82) is 0 Å². The Morgan fingerprint density at radius 3 is 2.48 bits per heavy atom. The first-order chi connectivity index (χ1) is 13.1. The molecule has 2 heterocycles. The number of aromatic nitrogens is 2. The summed E-state index contributed by atoms with van der Waals surface area (Å²) in [7, 11) is 1.66. The van der Waals surface area contributed by atoms with Crippen LogP contribution in [0.5, 0.6) is 5.75 Å². The normalized spacial score (nSPS) is 11.4. The minimum Gasteiger partial charge on any atom is -0.497 e. The third-order valence-electron chi connectivity index (χ3n) is 4.31. The van der Waals surface area contributed by atoms with Gasteiger partial charge in [0, 0.05) is 11.8 Å². The van der Waals surface area contributed by atoms with Crippen LogP contribution in [0.25, 0.3) is 16.9 Å². The summed E-state index contributed by atoms with van der Waals surface area (Å²) >= 11 is 0. The zero-order valence-corrected chi connectivity index (χ0v) is 15.5. The van der Waals surface area contributed by atoms with Crippen LogP contribution in [-0.2, 0) is 0 Å². The molecule has 27 heavy (non-hydrogen) atoms. The van der Waals surface area contributed by atoms with Gasteiger partial charge < -0.3 is 4.74 Å². The lowest BCUT2D eigenvalue weighted by Crippen LogP contribution is -1.84. The molecule has 0 bridgehead atoms. The first-order valence-electron chi connectivity index (χ1n) is 8.75. The second kappa shape index (κ2) is 7.03. The number of hydrogen-bond donors (Lipinski definition) is 0. The number of pyridine rings is 1. The minimum absolute atomic E-state index is 0.693. The lowest BCUT2D eigenvalue weighted by atomic mass is 10.1. The van der Waals surface area contributed by atoms with Gasteiger partial charge in [0.1, 0.15) is 17.1 Å². The lowest BCUT2D eigenvalue weighted by Gasteiger charge is -2.03. The van der Waals surface area contributed by atoms with Gasteiger partial charge in [-0.1, -0.05) is 24.3 Å². The van der Waals surface area contributed by atoms with Crippen molar-refractivity contribution in [2.75, 3.05) is 7.11 Å². The molecular weight excluding hydrogens is 336 g/mol. The van der Waals surface area contributed by atoms with Crippen molar-refractivity contribution in [3.63, 3.8) is 0 Å². The third kappa shape index (κ3) is 3.44. The van der Waals surface area contributed by atoms with E-state index in [1.807, 2.05) is 65.2 Å². The number of nitrogens with zero attached hydrogens (tertiary/aromatic N) is 4. The Labute approximate surface area is 158 Å². The Morgan fingerprint density at radius 2 is 1.70 bits per heavy atom. The van der Waals surface area contributed by atoms with Gasteiger partial charge in [-0.15, -0.1) is 10.2 Å². The molecule has 4 rings (SSSR count). The maximum atomic E-state index is 5.36. The van der Waals surface area contributed by atoms with Crippen LogP contribution in [0.15, 0.2) is 77.1 Å². The van der Waals surface area contributed by atoms with Crippen LogP contribution in [0, 0.1) is 13.8 Å². The SMILES string of the molecule is COc1cccc(-c2nc3ccccn3c2N=Nc2cc(C)cc(C)c2)c1. The largest absolute Gasteiger partial charge is 0.497 e. The van der Waals surface area contributed by atoms with Crippen molar-refractivity contribution < 1.29 is 4.74 Å². The Kier molecular flexibility index (Phi) is 4.42. The molecule has 0 radical (unpaired) electrons. The van der Waals surface area contributed by atoms with Gasteiger partial charge in [-0.25, -0.2) is 4.98 Å². The summed E-state index contributed by atoms with van der Waals surface area (Å²) in [5, 5.41) is 9.05. The van der Waals surface area contributed by atoms with Crippen molar-refractivity contribution in [3.8, 4) is 17.0 Å². The van der Waals surface area contributed by atoms with Crippen LogP contribution in [0.4, 0.5) is 11.5 Å². The molecule has 0 unspecified atom stereocenters. The highest BCUT2D eigenvalue weighted by Crippen LogP contribution is 2.33. The van der Waals surface area contributed by atoms with Crippen LogP contribution in [0.2, 0.25) is 0 Å². The smallest absolute Gasteiger partial charge is 0.187 e. The monoisotopic (exact) mass is 356 g/mol. The van der Waals surface area contributed by atoms with E-state index in [9.17, 15) is 0 Å². The molecule has 2 aromatic carbocycles. The average molecular weight is 356 g/mol. The van der Waals surface area contributed by atoms with Gasteiger partial charge in [0.05, 0.1) is 12.8 Å². The lowest BCUT2D eigenvalue weighted by molar-refractivity contribution is 0.415. The molecule has 0 amide bonds. The molecule has 4 aromatic rings. The standard InChI is InChI=1S/C22H20N4O/c1-15-11-16(2)13-18(12-15)24-25-22-21(17-7-6-8-19(14-17)27-3)23-20-9-4-5-10-26(20)22/h4-14H,1-3H3. The highest BCUT2D eigenvalue weighted by Gasteiger charge is 2.14. The fourth-order valence-electron chi connectivity index (χ4n) is 3.16. The molecular formula is C22H20N4O. The van der Waals surface area contributed by atoms with E-state index in [1.165, 1.54) is 0 Å². The summed E-state index contributed by atoms with van der Waals surface area (Å²) in [6, 6.07) is 19.9. The molecule has 0 aliphatic carbocycles. The van der Waals surface area contributed by atoms with E-state index in [2.05, 4.69) is 30.1 Å². The number of rotatable bonds is 4. The predicted molar refractivity (Wildman–Crippen MR) is 107 cm³/mol. The molecule has 2 aromatic heterocycles. The molecule has 134 valence electrons. The zero-order valence-electron chi connectivity index (χ0n) is 15.5. The molecule has 5 nitrogen and oxygen atoms in total. The molecule has 0 aliphatic heterocycles. The summed E-state index contributed by atoms with van der Waals surface area (Å²) in [6.07, 6.45) is 1.95. The van der Waals surface area contributed by atoms with E-state index in [0.717, 1.165) is 39.5 Å². The maximum absolute atomic E-state index is 5.36. The van der Waals surface area contributed by atoms with Crippen molar-refractivity contribution in [3.05, 3.63) is 78.0 Å². The van der Waals surface area contributed by atoms with E-state index in [0.29, 0.717) is 5.82 Å². The topological polar surface area (TPSA) is 51.2 Å². The molecule has 5 heteroatoms. The van der Waals surface area contributed by atoms with Crippen LogP contribution < -0.4 is 4.74 Å². The highest BCUT2D eigenvalue weighted by atomic mass is 16.5. The van der Waals surface area contributed by atoms with E-state index in [-0.39, 0.29) is 0 Å². The van der Waals surface area contributed by atoms with Crippen LogP contribution in [0.1, 0.15) is 11.1 Å². The number of imidazole rings is 1. The number of fused-ring (bicyclic) bond motifs is 1. The summed E-state index contributed by atoms with van der Waals surface area (Å²) in [5.41, 5.74) is 5.69. The van der Waals surface area contributed by atoms with Crippen molar-refractivity contribution in [2.24, 2.45) is 10.2 Å². The van der Waals surface area contributed by atoms with Gasteiger partial charge in [-0.05, 0) is 61.4 Å². The van der Waals surface area contributed by atoms with Crippen LogP contribution in [0.3, 0.4) is 0 Å². The molecule has 0 N–H and O–H groups in total. The van der Waals surface area contributed by atoms with Gasteiger partial charge in [-0.2, -0.15) is 0 Å². The second-order valence-electron chi connectivity index (χ2n) is 6.49. The van der Waals surface area contributed by atoms with Crippen LogP contribution >= 0.6 is 0 Å². The van der Waals surface area contributed by atoms with E-state index >= 15 is 0 Å². The van der Waals surface area contributed by atoms with Gasteiger partial charge in [-0.3, -0.25) is 4.40 Å².